The lowest BCUT2D eigenvalue weighted by molar-refractivity contribution is -0.122. The summed E-state index contributed by atoms with van der Waals surface area (Å²) in [6.07, 6.45) is 3.50. The lowest BCUT2D eigenvalue weighted by Crippen LogP contribution is -2.41. The van der Waals surface area contributed by atoms with Crippen molar-refractivity contribution < 1.29 is 4.79 Å². The van der Waals surface area contributed by atoms with Gasteiger partial charge in [0.15, 0.2) is 0 Å². The fourth-order valence-electron chi connectivity index (χ4n) is 1.57. The first-order chi connectivity index (χ1) is 9.34. The van der Waals surface area contributed by atoms with Crippen LogP contribution in [0, 0.1) is 0 Å². The molecule has 0 aliphatic carbocycles. The van der Waals surface area contributed by atoms with Crippen LogP contribution < -0.4 is 11.1 Å². The van der Waals surface area contributed by atoms with Crippen LogP contribution in [0.5, 0.6) is 0 Å². The van der Waals surface area contributed by atoms with Gasteiger partial charge in [-0.05, 0) is 18.4 Å². The van der Waals surface area contributed by atoms with Gasteiger partial charge >= 0.3 is 0 Å². The average molecular weight is 352 g/mol. The van der Waals surface area contributed by atoms with Crippen LogP contribution >= 0.6 is 35.5 Å². The van der Waals surface area contributed by atoms with Crippen LogP contribution in [0.1, 0.15) is 37.9 Å². The quantitative estimate of drug-likeness (QED) is 0.792. The molecule has 0 aliphatic rings. The van der Waals surface area contributed by atoms with E-state index in [1.807, 2.05) is 6.26 Å². The van der Waals surface area contributed by atoms with E-state index < -0.39 is 6.04 Å². The van der Waals surface area contributed by atoms with Gasteiger partial charge < -0.3 is 11.1 Å². The van der Waals surface area contributed by atoms with Crippen molar-refractivity contribution in [1.29, 1.82) is 0 Å². The molecule has 0 aromatic carbocycles. The fourth-order valence-corrected chi connectivity index (χ4v) is 3.08. The molecule has 21 heavy (non-hydrogen) atoms. The number of halogens is 1. The minimum atomic E-state index is -0.399. The molecule has 7 heteroatoms. The summed E-state index contributed by atoms with van der Waals surface area (Å²) >= 11 is 3.36. The molecule has 122 valence electrons. The van der Waals surface area contributed by atoms with E-state index in [0.717, 1.165) is 29.3 Å². The maximum absolute atomic E-state index is 11.7. The van der Waals surface area contributed by atoms with Gasteiger partial charge in [-0.15, -0.1) is 23.7 Å². The predicted octanol–water partition coefficient (Wildman–Crippen LogP) is 2.60. The van der Waals surface area contributed by atoms with E-state index in [2.05, 4.69) is 36.5 Å². The summed E-state index contributed by atoms with van der Waals surface area (Å²) in [6, 6.07) is -0.399. The second kappa shape index (κ2) is 9.66. The highest BCUT2D eigenvalue weighted by Gasteiger charge is 2.17. The molecule has 0 bridgehead atoms. The van der Waals surface area contributed by atoms with Crippen LogP contribution in [0.4, 0.5) is 0 Å². The molecule has 3 N–H and O–H groups in total. The van der Waals surface area contributed by atoms with E-state index in [1.54, 1.807) is 23.1 Å². The fraction of sp³-hybridized carbons (Fsp3) is 0.714. The molecule has 0 saturated carbocycles. The largest absolute Gasteiger partial charge is 0.354 e. The highest BCUT2D eigenvalue weighted by atomic mass is 35.5. The molecule has 1 aromatic heterocycles. The third-order valence-electron chi connectivity index (χ3n) is 2.93. The first-order valence-corrected chi connectivity index (χ1v) is 9.09. The number of carbonyl (C=O) groups excluding carboxylic acids is 1. The van der Waals surface area contributed by atoms with Gasteiger partial charge in [0.1, 0.15) is 0 Å². The first kappa shape index (κ1) is 20.7. The molecule has 1 amide bonds. The molecule has 0 unspecified atom stereocenters. The maximum Gasteiger partial charge on any atom is 0.236 e. The Labute approximate surface area is 142 Å². The summed E-state index contributed by atoms with van der Waals surface area (Å²) in [5.74, 6) is 0.849. The number of thioether (sulfide) groups is 1. The summed E-state index contributed by atoms with van der Waals surface area (Å²) in [6.45, 7) is 7.05. The molecule has 0 radical (unpaired) electrons. The minimum Gasteiger partial charge on any atom is -0.354 e. The molecule has 0 aliphatic heterocycles. The van der Waals surface area contributed by atoms with Crippen molar-refractivity contribution >= 4 is 41.4 Å². The van der Waals surface area contributed by atoms with Gasteiger partial charge in [-0.1, -0.05) is 20.8 Å². The number of rotatable bonds is 7. The number of aromatic nitrogens is 1. The van der Waals surface area contributed by atoms with Crippen molar-refractivity contribution in [3.8, 4) is 0 Å². The smallest absolute Gasteiger partial charge is 0.236 e. The second-order valence-electron chi connectivity index (χ2n) is 5.81. The molecule has 4 nitrogen and oxygen atoms in total. The normalized spacial score (nSPS) is 12.6. The number of carbonyl (C=O) groups is 1. The van der Waals surface area contributed by atoms with E-state index in [0.29, 0.717) is 6.54 Å². The number of nitrogens with zero attached hydrogens (tertiary/aromatic N) is 1. The van der Waals surface area contributed by atoms with E-state index in [9.17, 15) is 4.79 Å². The molecule has 0 spiro atoms. The highest BCUT2D eigenvalue weighted by Crippen LogP contribution is 2.23. The van der Waals surface area contributed by atoms with E-state index in [4.69, 9.17) is 5.73 Å². The van der Waals surface area contributed by atoms with Crippen LogP contribution in [-0.4, -0.2) is 35.5 Å². The molecule has 1 heterocycles. The third-order valence-corrected chi connectivity index (χ3v) is 4.48. The first-order valence-electron chi connectivity index (χ1n) is 6.81. The summed E-state index contributed by atoms with van der Waals surface area (Å²) < 4.78 is 0. The van der Waals surface area contributed by atoms with Gasteiger partial charge in [0, 0.05) is 23.8 Å². The summed E-state index contributed by atoms with van der Waals surface area (Å²) in [4.78, 5) is 16.3. The zero-order valence-corrected chi connectivity index (χ0v) is 15.6. The maximum atomic E-state index is 11.7. The van der Waals surface area contributed by atoms with Crippen molar-refractivity contribution in [2.24, 2.45) is 5.73 Å². The van der Waals surface area contributed by atoms with Crippen molar-refractivity contribution in [2.75, 3.05) is 18.6 Å². The van der Waals surface area contributed by atoms with E-state index >= 15 is 0 Å². The van der Waals surface area contributed by atoms with E-state index in [1.165, 1.54) is 0 Å². The lowest BCUT2D eigenvalue weighted by Gasteiger charge is -2.14. The topological polar surface area (TPSA) is 68.0 Å². The Balaban J connectivity index is 0.00000400. The molecular formula is C14H26ClN3OS2. The third kappa shape index (κ3) is 7.49. The molecule has 1 atom stereocenters. The standard InChI is InChI=1S/C14H25N3OS2.ClH/c1-14(2,3)11-9-20-12(17-11)5-7-16-13(18)10(15)6-8-19-4;/h9-10H,5-8,15H2,1-4H3,(H,16,18);1H/t10-;/m0./s1. The Hall–Kier alpha value is -0.300. The van der Waals surface area contributed by atoms with Crippen LogP contribution in [0.25, 0.3) is 0 Å². The SMILES string of the molecule is CSCC[C@H](N)C(=O)NCCc1nc(C(C)(C)C)cs1.Cl. The summed E-state index contributed by atoms with van der Waals surface area (Å²) in [5.41, 5.74) is 7.00. The Bertz CT molecular complexity index is 432. The highest BCUT2D eigenvalue weighted by molar-refractivity contribution is 7.98. The molecule has 0 saturated heterocycles. The minimum absolute atomic E-state index is 0. The number of nitrogens with two attached hydrogens (primary N) is 1. The van der Waals surface area contributed by atoms with Crippen molar-refractivity contribution in [3.63, 3.8) is 0 Å². The Morgan fingerprint density at radius 2 is 2.19 bits per heavy atom. The van der Waals surface area contributed by atoms with E-state index in [-0.39, 0.29) is 23.7 Å². The number of nitrogens with one attached hydrogen (secondary N) is 1. The zero-order valence-electron chi connectivity index (χ0n) is 13.1. The van der Waals surface area contributed by atoms with Crippen molar-refractivity contribution in [3.05, 3.63) is 16.1 Å². The zero-order chi connectivity index (χ0) is 15.2. The predicted molar refractivity (Wildman–Crippen MR) is 95.8 cm³/mol. The molecular weight excluding hydrogens is 326 g/mol. The van der Waals surface area contributed by atoms with Crippen molar-refractivity contribution in [2.45, 2.75) is 45.1 Å². The number of hydrogen-bond acceptors (Lipinski definition) is 5. The van der Waals surface area contributed by atoms with Gasteiger partial charge in [0.2, 0.25) is 5.91 Å². The second-order valence-corrected chi connectivity index (χ2v) is 7.73. The van der Waals surface area contributed by atoms with Gasteiger partial charge in [-0.25, -0.2) is 4.98 Å². The van der Waals surface area contributed by atoms with Crippen LogP contribution in [-0.2, 0) is 16.6 Å². The van der Waals surface area contributed by atoms with Crippen LogP contribution in [0.15, 0.2) is 5.38 Å². The van der Waals surface area contributed by atoms with Gasteiger partial charge in [-0.2, -0.15) is 11.8 Å². The Morgan fingerprint density at radius 3 is 2.71 bits per heavy atom. The average Bonchev–Trinajstić information content (AvgIpc) is 2.84. The number of thiazole rings is 1. The number of amides is 1. The lowest BCUT2D eigenvalue weighted by atomic mass is 9.93. The molecule has 0 fully saturated rings. The van der Waals surface area contributed by atoms with Gasteiger partial charge in [-0.3, -0.25) is 4.79 Å². The molecule has 1 rings (SSSR count). The van der Waals surface area contributed by atoms with Crippen molar-refractivity contribution in [1.82, 2.24) is 10.3 Å². The van der Waals surface area contributed by atoms with Gasteiger partial charge in [0.05, 0.1) is 16.7 Å². The Kier molecular flexibility index (Phi) is 9.53. The Morgan fingerprint density at radius 1 is 1.52 bits per heavy atom. The molecule has 1 aromatic rings. The van der Waals surface area contributed by atoms with Crippen LogP contribution in [0.3, 0.4) is 0 Å². The van der Waals surface area contributed by atoms with Gasteiger partial charge in [0.25, 0.3) is 0 Å². The number of hydrogen-bond donors (Lipinski definition) is 2. The van der Waals surface area contributed by atoms with Crippen LogP contribution in [0.2, 0.25) is 0 Å². The summed E-state index contributed by atoms with van der Waals surface area (Å²) in [5, 5.41) is 6.04. The summed E-state index contributed by atoms with van der Waals surface area (Å²) in [7, 11) is 0. The monoisotopic (exact) mass is 351 g/mol.